The van der Waals surface area contributed by atoms with Crippen LogP contribution in [0.3, 0.4) is 0 Å². The number of carboxylic acid groups (broad SMARTS) is 1. The maximum atomic E-state index is 10.9. The van der Waals surface area contributed by atoms with Crippen LogP contribution in [0, 0.1) is 5.92 Å². The largest absolute Gasteiger partial charge is 0.481 e. The van der Waals surface area contributed by atoms with Crippen molar-refractivity contribution in [3.8, 4) is 0 Å². The first-order chi connectivity index (χ1) is 6.13. The monoisotopic (exact) mass is 185 g/mol. The third-order valence-electron chi connectivity index (χ3n) is 2.56. The number of carbonyl (C=O) groups is 2. The predicted octanol–water partition coefficient (Wildman–Crippen LogP) is 0.766. The van der Waals surface area contributed by atoms with Crippen molar-refractivity contribution in [1.29, 1.82) is 0 Å². The smallest absolute Gasteiger partial charge is 0.303 e. The number of rotatable bonds is 4. The summed E-state index contributed by atoms with van der Waals surface area (Å²) in [6.07, 6.45) is 2.28. The van der Waals surface area contributed by atoms with Crippen molar-refractivity contribution in [3.05, 3.63) is 0 Å². The van der Waals surface area contributed by atoms with Gasteiger partial charge in [0.25, 0.3) is 0 Å². The number of carbonyl (C=O) groups excluding carboxylic acids is 1. The van der Waals surface area contributed by atoms with E-state index < -0.39 is 5.97 Å². The van der Waals surface area contributed by atoms with Crippen molar-refractivity contribution < 1.29 is 14.7 Å². The maximum Gasteiger partial charge on any atom is 0.303 e. The lowest BCUT2D eigenvalue weighted by Crippen LogP contribution is -2.33. The highest BCUT2D eigenvalue weighted by atomic mass is 16.4. The van der Waals surface area contributed by atoms with Crippen molar-refractivity contribution >= 4 is 11.9 Å². The van der Waals surface area contributed by atoms with Gasteiger partial charge in [0.2, 0.25) is 5.91 Å². The van der Waals surface area contributed by atoms with Crippen LogP contribution in [0.15, 0.2) is 0 Å². The molecule has 0 spiro atoms. The number of amides is 1. The average Bonchev–Trinajstić information content (AvgIpc) is 2.47. The van der Waals surface area contributed by atoms with Gasteiger partial charge in [-0.3, -0.25) is 9.59 Å². The van der Waals surface area contributed by atoms with Crippen molar-refractivity contribution in [2.45, 2.75) is 38.6 Å². The first-order valence-electron chi connectivity index (χ1n) is 4.64. The molecule has 1 saturated heterocycles. The Morgan fingerprint density at radius 1 is 1.77 bits per heavy atom. The Bertz CT molecular complexity index is 215. The first kappa shape index (κ1) is 10.0. The van der Waals surface area contributed by atoms with Gasteiger partial charge < -0.3 is 10.4 Å². The van der Waals surface area contributed by atoms with Gasteiger partial charge in [0.15, 0.2) is 0 Å². The minimum Gasteiger partial charge on any atom is -0.481 e. The fourth-order valence-corrected chi connectivity index (χ4v) is 1.79. The van der Waals surface area contributed by atoms with E-state index in [0.717, 1.165) is 12.8 Å². The lowest BCUT2D eigenvalue weighted by atomic mass is 9.92. The molecule has 1 aliphatic rings. The number of hydrogen-bond donors (Lipinski definition) is 2. The van der Waals surface area contributed by atoms with Crippen molar-refractivity contribution in [1.82, 2.24) is 5.32 Å². The van der Waals surface area contributed by atoms with Gasteiger partial charge >= 0.3 is 5.97 Å². The molecule has 1 aliphatic heterocycles. The van der Waals surface area contributed by atoms with Crippen LogP contribution >= 0.6 is 0 Å². The second kappa shape index (κ2) is 4.25. The molecule has 0 aromatic rings. The molecule has 2 atom stereocenters. The van der Waals surface area contributed by atoms with Crippen molar-refractivity contribution in [2.75, 3.05) is 0 Å². The van der Waals surface area contributed by atoms with Crippen LogP contribution in [0.2, 0.25) is 0 Å². The number of nitrogens with one attached hydrogen (secondary N) is 1. The Balaban J connectivity index is 2.46. The van der Waals surface area contributed by atoms with Crippen LogP contribution in [0.1, 0.15) is 32.6 Å². The molecule has 1 rings (SSSR count). The maximum absolute atomic E-state index is 10.9. The van der Waals surface area contributed by atoms with Crippen molar-refractivity contribution in [2.24, 2.45) is 5.92 Å². The van der Waals surface area contributed by atoms with Gasteiger partial charge in [0, 0.05) is 12.5 Å². The summed E-state index contributed by atoms with van der Waals surface area (Å²) >= 11 is 0. The number of aliphatic carboxylic acids is 1. The summed E-state index contributed by atoms with van der Waals surface area (Å²) in [5.41, 5.74) is 0. The molecule has 0 aliphatic carbocycles. The van der Waals surface area contributed by atoms with E-state index in [1.807, 2.05) is 6.92 Å². The van der Waals surface area contributed by atoms with E-state index >= 15 is 0 Å². The van der Waals surface area contributed by atoms with Crippen LogP contribution in [0.25, 0.3) is 0 Å². The number of hydrogen-bond acceptors (Lipinski definition) is 2. The van der Waals surface area contributed by atoms with E-state index in [1.54, 1.807) is 0 Å². The second-order valence-corrected chi connectivity index (χ2v) is 3.48. The molecule has 4 nitrogen and oxygen atoms in total. The molecule has 2 N–H and O–H groups in total. The molecule has 0 aromatic carbocycles. The van der Waals surface area contributed by atoms with Gasteiger partial charge in [0.1, 0.15) is 0 Å². The molecular weight excluding hydrogens is 170 g/mol. The molecule has 1 amide bonds. The van der Waals surface area contributed by atoms with Crippen molar-refractivity contribution in [3.63, 3.8) is 0 Å². The fraction of sp³-hybridized carbons (Fsp3) is 0.778. The van der Waals surface area contributed by atoms with Crippen LogP contribution < -0.4 is 5.32 Å². The van der Waals surface area contributed by atoms with Crippen LogP contribution in [0.5, 0.6) is 0 Å². The highest BCUT2D eigenvalue weighted by Crippen LogP contribution is 2.21. The lowest BCUT2D eigenvalue weighted by Gasteiger charge is -2.19. The van der Waals surface area contributed by atoms with Crippen LogP contribution in [0.4, 0.5) is 0 Å². The highest BCUT2D eigenvalue weighted by Gasteiger charge is 2.28. The van der Waals surface area contributed by atoms with E-state index in [0.29, 0.717) is 6.42 Å². The molecule has 1 heterocycles. The van der Waals surface area contributed by atoms with E-state index in [2.05, 4.69) is 5.32 Å². The van der Waals surface area contributed by atoms with Gasteiger partial charge in [-0.25, -0.2) is 0 Å². The Morgan fingerprint density at radius 3 is 2.85 bits per heavy atom. The quantitative estimate of drug-likeness (QED) is 0.679. The van der Waals surface area contributed by atoms with Gasteiger partial charge in [-0.05, 0) is 12.3 Å². The predicted molar refractivity (Wildman–Crippen MR) is 47.2 cm³/mol. The molecule has 0 saturated carbocycles. The molecule has 0 radical (unpaired) electrons. The summed E-state index contributed by atoms with van der Waals surface area (Å²) in [5.74, 6) is -0.647. The first-order valence-corrected chi connectivity index (χ1v) is 4.64. The molecular formula is C9H15NO3. The lowest BCUT2D eigenvalue weighted by molar-refractivity contribution is -0.138. The molecule has 2 unspecified atom stereocenters. The normalized spacial score (nSPS) is 24.1. The molecule has 13 heavy (non-hydrogen) atoms. The van der Waals surface area contributed by atoms with E-state index in [1.165, 1.54) is 0 Å². The molecule has 0 bridgehead atoms. The summed E-state index contributed by atoms with van der Waals surface area (Å²) in [6.45, 7) is 1.96. The Kier molecular flexibility index (Phi) is 3.28. The molecule has 4 heteroatoms. The highest BCUT2D eigenvalue weighted by molar-refractivity contribution is 5.78. The third-order valence-corrected chi connectivity index (χ3v) is 2.56. The minimum atomic E-state index is -0.784. The van der Waals surface area contributed by atoms with Gasteiger partial charge in [-0.1, -0.05) is 13.3 Å². The topological polar surface area (TPSA) is 66.4 Å². The summed E-state index contributed by atoms with van der Waals surface area (Å²) in [5, 5.41) is 11.4. The summed E-state index contributed by atoms with van der Waals surface area (Å²) in [7, 11) is 0. The fourth-order valence-electron chi connectivity index (χ4n) is 1.79. The van der Waals surface area contributed by atoms with Crippen LogP contribution in [-0.2, 0) is 9.59 Å². The Morgan fingerprint density at radius 2 is 2.46 bits per heavy atom. The zero-order valence-electron chi connectivity index (χ0n) is 7.75. The van der Waals surface area contributed by atoms with Gasteiger partial charge in [-0.2, -0.15) is 0 Å². The van der Waals surface area contributed by atoms with E-state index in [4.69, 9.17) is 5.11 Å². The van der Waals surface area contributed by atoms with Gasteiger partial charge in [-0.15, -0.1) is 0 Å². The number of carboxylic acids is 1. The minimum absolute atomic E-state index is 0.0499. The Hall–Kier alpha value is -1.06. The van der Waals surface area contributed by atoms with Crippen LogP contribution in [-0.4, -0.2) is 23.0 Å². The van der Waals surface area contributed by atoms with E-state index in [9.17, 15) is 9.59 Å². The Labute approximate surface area is 77.3 Å². The zero-order chi connectivity index (χ0) is 9.84. The summed E-state index contributed by atoms with van der Waals surface area (Å²) < 4.78 is 0. The molecule has 0 aromatic heterocycles. The average molecular weight is 185 g/mol. The summed E-state index contributed by atoms with van der Waals surface area (Å²) in [6, 6.07) is 0.0774. The second-order valence-electron chi connectivity index (χ2n) is 3.48. The molecule has 1 fully saturated rings. The van der Waals surface area contributed by atoms with Gasteiger partial charge in [0.05, 0.1) is 6.42 Å². The summed E-state index contributed by atoms with van der Waals surface area (Å²) in [4.78, 5) is 21.4. The standard InChI is InChI=1S/C9H15NO3/c1-2-6(5-9(12)13)7-3-4-8(11)10-7/h6-7H,2-5H2,1H3,(H,10,11)(H,12,13). The zero-order valence-corrected chi connectivity index (χ0v) is 7.75. The molecule has 74 valence electrons. The van der Waals surface area contributed by atoms with E-state index in [-0.39, 0.29) is 24.3 Å². The third kappa shape index (κ3) is 2.72. The SMILES string of the molecule is CCC(CC(=O)O)C1CCC(=O)N1.